The molecule has 122 valence electrons. The van der Waals surface area contributed by atoms with Crippen molar-refractivity contribution in [3.05, 3.63) is 58.3 Å². The van der Waals surface area contributed by atoms with Gasteiger partial charge in [-0.05, 0) is 44.0 Å². The van der Waals surface area contributed by atoms with Crippen molar-refractivity contribution in [3.63, 3.8) is 0 Å². The number of furan rings is 1. The molecule has 0 bridgehead atoms. The summed E-state index contributed by atoms with van der Waals surface area (Å²) in [5.74, 6) is 0.494. The third-order valence-corrected chi connectivity index (χ3v) is 4.78. The lowest BCUT2D eigenvalue weighted by Gasteiger charge is -2.31. The van der Waals surface area contributed by atoms with Crippen LogP contribution in [0.15, 0.2) is 34.9 Å². The molecule has 0 spiro atoms. The fourth-order valence-corrected chi connectivity index (χ4v) is 3.20. The molecule has 0 saturated heterocycles. The van der Waals surface area contributed by atoms with Gasteiger partial charge in [-0.15, -0.1) is 0 Å². The first kappa shape index (κ1) is 16.1. The van der Waals surface area contributed by atoms with Crippen LogP contribution >= 0.6 is 11.6 Å². The molecule has 3 nitrogen and oxygen atoms in total. The van der Waals surface area contributed by atoms with Crippen molar-refractivity contribution in [2.24, 2.45) is 0 Å². The molecule has 1 amide bonds. The van der Waals surface area contributed by atoms with Crippen LogP contribution in [0.25, 0.3) is 0 Å². The fraction of sp³-hybridized carbons (Fsp3) is 0.389. The van der Waals surface area contributed by atoms with Gasteiger partial charge in [0.25, 0.3) is 0 Å². The fourth-order valence-electron chi connectivity index (χ4n) is 3.02. The van der Waals surface area contributed by atoms with Crippen molar-refractivity contribution in [2.45, 2.75) is 38.6 Å². The average molecular weight is 336 g/mol. The molecule has 1 aliphatic rings. The predicted octanol–water partition coefficient (Wildman–Crippen LogP) is 4.32. The Hall–Kier alpha value is -1.81. The maximum Gasteiger partial charge on any atom is 0.232 e. The first-order valence-corrected chi connectivity index (χ1v) is 8.07. The molecule has 0 saturated carbocycles. The number of hydrogen-bond acceptors (Lipinski definition) is 2. The number of rotatable bonds is 2. The summed E-state index contributed by atoms with van der Waals surface area (Å²) < 4.78 is 18.9. The SMILES string of the molecule is CC(C)(C(=O)N1CCCc2occc2C1)c1ccc(F)c(Cl)c1. The molecule has 0 unspecified atom stereocenters. The maximum atomic E-state index is 13.4. The van der Waals surface area contributed by atoms with Gasteiger partial charge in [-0.1, -0.05) is 17.7 Å². The van der Waals surface area contributed by atoms with Crippen molar-refractivity contribution < 1.29 is 13.6 Å². The Kier molecular flexibility index (Phi) is 4.19. The van der Waals surface area contributed by atoms with Crippen molar-refractivity contribution in [2.75, 3.05) is 6.54 Å². The third kappa shape index (κ3) is 3.00. The van der Waals surface area contributed by atoms with Crippen LogP contribution in [-0.4, -0.2) is 17.4 Å². The van der Waals surface area contributed by atoms with Crippen molar-refractivity contribution in [1.29, 1.82) is 0 Å². The van der Waals surface area contributed by atoms with E-state index < -0.39 is 11.2 Å². The first-order chi connectivity index (χ1) is 10.9. The second-order valence-electron chi connectivity index (χ2n) is 6.45. The molecule has 23 heavy (non-hydrogen) atoms. The lowest BCUT2D eigenvalue weighted by molar-refractivity contribution is -0.136. The molecular formula is C18H19ClFNO2. The van der Waals surface area contributed by atoms with Gasteiger partial charge in [0.2, 0.25) is 5.91 Å². The third-order valence-electron chi connectivity index (χ3n) is 4.49. The summed E-state index contributed by atoms with van der Waals surface area (Å²) in [6.07, 6.45) is 3.38. The summed E-state index contributed by atoms with van der Waals surface area (Å²) in [5, 5.41) is 0.0383. The van der Waals surface area contributed by atoms with Crippen LogP contribution in [0.4, 0.5) is 4.39 Å². The number of carbonyl (C=O) groups is 1. The first-order valence-electron chi connectivity index (χ1n) is 7.70. The van der Waals surface area contributed by atoms with Crippen LogP contribution < -0.4 is 0 Å². The number of benzene rings is 1. The Balaban J connectivity index is 1.87. The van der Waals surface area contributed by atoms with Gasteiger partial charge in [-0.3, -0.25) is 4.79 Å². The van der Waals surface area contributed by atoms with Crippen LogP contribution in [0.3, 0.4) is 0 Å². The van der Waals surface area contributed by atoms with Crippen LogP contribution in [0.1, 0.15) is 37.2 Å². The van der Waals surface area contributed by atoms with Gasteiger partial charge in [-0.25, -0.2) is 4.39 Å². The molecule has 2 aromatic rings. The second kappa shape index (κ2) is 6.00. The highest BCUT2D eigenvalue weighted by Gasteiger charge is 2.35. The number of halogens is 2. The molecule has 2 heterocycles. The topological polar surface area (TPSA) is 33.5 Å². The molecule has 0 N–H and O–H groups in total. The zero-order chi connectivity index (χ0) is 16.6. The molecule has 0 radical (unpaired) electrons. The summed E-state index contributed by atoms with van der Waals surface area (Å²) in [5.41, 5.74) is 1.00. The lowest BCUT2D eigenvalue weighted by atomic mass is 9.83. The van der Waals surface area contributed by atoms with Crippen molar-refractivity contribution in [1.82, 2.24) is 4.90 Å². The quantitative estimate of drug-likeness (QED) is 0.818. The van der Waals surface area contributed by atoms with Gasteiger partial charge in [0.05, 0.1) is 16.7 Å². The predicted molar refractivity (Wildman–Crippen MR) is 86.9 cm³/mol. The standard InChI is InChI=1S/C18H19ClFNO2/c1-18(2,13-5-6-15(20)14(19)10-13)17(22)21-8-3-4-16-12(11-21)7-9-23-16/h5-7,9-10H,3-4,8,11H2,1-2H3. The van der Waals surface area contributed by atoms with Gasteiger partial charge in [0.15, 0.2) is 0 Å². The Labute approximate surface area is 140 Å². The molecule has 0 fully saturated rings. The smallest absolute Gasteiger partial charge is 0.232 e. The van der Waals surface area contributed by atoms with E-state index >= 15 is 0 Å². The molecule has 5 heteroatoms. The van der Waals surface area contributed by atoms with E-state index in [-0.39, 0.29) is 10.9 Å². The van der Waals surface area contributed by atoms with Crippen LogP contribution in [0.5, 0.6) is 0 Å². The van der Waals surface area contributed by atoms with E-state index in [0.717, 1.165) is 24.2 Å². The van der Waals surface area contributed by atoms with E-state index in [1.807, 2.05) is 24.8 Å². The van der Waals surface area contributed by atoms with Gasteiger partial charge in [0.1, 0.15) is 11.6 Å². The van der Waals surface area contributed by atoms with Gasteiger partial charge >= 0.3 is 0 Å². The Morgan fingerprint density at radius 3 is 2.87 bits per heavy atom. The summed E-state index contributed by atoms with van der Waals surface area (Å²) in [6.45, 7) is 4.92. The number of carbonyl (C=O) groups excluding carboxylic acids is 1. The monoisotopic (exact) mass is 335 g/mol. The Bertz CT molecular complexity index is 738. The normalized spacial score (nSPS) is 15.2. The Morgan fingerprint density at radius 1 is 1.35 bits per heavy atom. The maximum absolute atomic E-state index is 13.4. The van der Waals surface area contributed by atoms with Crippen molar-refractivity contribution in [3.8, 4) is 0 Å². The highest BCUT2D eigenvalue weighted by Crippen LogP contribution is 2.31. The van der Waals surface area contributed by atoms with Gasteiger partial charge in [0, 0.05) is 25.1 Å². The molecule has 1 aromatic carbocycles. The zero-order valence-corrected chi connectivity index (χ0v) is 14.0. The largest absolute Gasteiger partial charge is 0.469 e. The minimum absolute atomic E-state index is 0.00854. The highest BCUT2D eigenvalue weighted by atomic mass is 35.5. The molecule has 1 aromatic heterocycles. The van der Waals surface area contributed by atoms with Crippen molar-refractivity contribution >= 4 is 17.5 Å². The Morgan fingerprint density at radius 2 is 2.13 bits per heavy atom. The molecule has 3 rings (SSSR count). The minimum atomic E-state index is -0.772. The molecule has 1 aliphatic heterocycles. The lowest BCUT2D eigenvalue weighted by Crippen LogP contribution is -2.43. The van der Waals surface area contributed by atoms with E-state index in [1.54, 1.807) is 12.3 Å². The average Bonchev–Trinajstić information content (AvgIpc) is 2.86. The summed E-state index contributed by atoms with van der Waals surface area (Å²) in [4.78, 5) is 14.9. The number of nitrogens with zero attached hydrogens (tertiary/aromatic N) is 1. The summed E-state index contributed by atoms with van der Waals surface area (Å²) >= 11 is 5.88. The van der Waals surface area contributed by atoms with E-state index in [0.29, 0.717) is 18.7 Å². The van der Waals surface area contributed by atoms with Crippen LogP contribution in [0.2, 0.25) is 5.02 Å². The van der Waals surface area contributed by atoms with Crippen LogP contribution in [-0.2, 0) is 23.2 Å². The molecule has 0 atom stereocenters. The number of fused-ring (bicyclic) bond motifs is 1. The summed E-state index contributed by atoms with van der Waals surface area (Å²) in [6, 6.07) is 6.39. The second-order valence-corrected chi connectivity index (χ2v) is 6.86. The van der Waals surface area contributed by atoms with Gasteiger partial charge < -0.3 is 9.32 Å². The number of amides is 1. The van der Waals surface area contributed by atoms with E-state index in [4.69, 9.17) is 16.0 Å². The molecule has 0 aliphatic carbocycles. The molecular weight excluding hydrogens is 317 g/mol. The van der Waals surface area contributed by atoms with E-state index in [9.17, 15) is 9.18 Å². The van der Waals surface area contributed by atoms with E-state index in [2.05, 4.69) is 0 Å². The van der Waals surface area contributed by atoms with Gasteiger partial charge in [-0.2, -0.15) is 0 Å². The number of aryl methyl sites for hydroxylation is 1. The zero-order valence-electron chi connectivity index (χ0n) is 13.2. The number of hydrogen-bond donors (Lipinski definition) is 0. The minimum Gasteiger partial charge on any atom is -0.469 e. The van der Waals surface area contributed by atoms with Crippen LogP contribution in [0, 0.1) is 5.82 Å². The highest BCUT2D eigenvalue weighted by molar-refractivity contribution is 6.30. The summed E-state index contributed by atoms with van der Waals surface area (Å²) in [7, 11) is 0. The van der Waals surface area contributed by atoms with E-state index in [1.165, 1.54) is 12.1 Å².